The van der Waals surface area contributed by atoms with Crippen molar-refractivity contribution in [1.29, 1.82) is 0 Å². The standard InChI is InChI=1S/C16H14N2OS/c1-10-5-6-12-14(9-10)20-16(18-12)11-3-2-4-13-15(11)19-8-7-17-13/h2-6,9,17H,7-8H2,1H3. The van der Waals surface area contributed by atoms with E-state index in [1.807, 2.05) is 6.07 Å². The number of aryl methyl sites for hydroxylation is 1. The summed E-state index contributed by atoms with van der Waals surface area (Å²) in [5.41, 5.74) is 4.45. The molecule has 0 spiro atoms. The Morgan fingerprint density at radius 1 is 1.25 bits per heavy atom. The third-order valence-corrected chi connectivity index (χ3v) is 4.50. The molecule has 3 aromatic rings. The molecule has 1 aromatic heterocycles. The van der Waals surface area contributed by atoms with Gasteiger partial charge in [-0.15, -0.1) is 11.3 Å². The fourth-order valence-corrected chi connectivity index (χ4v) is 3.57. The molecule has 0 atom stereocenters. The van der Waals surface area contributed by atoms with E-state index in [1.54, 1.807) is 11.3 Å². The van der Waals surface area contributed by atoms with Gasteiger partial charge in [-0.3, -0.25) is 0 Å². The van der Waals surface area contributed by atoms with Crippen molar-refractivity contribution in [1.82, 2.24) is 4.98 Å². The molecule has 1 aliphatic rings. The van der Waals surface area contributed by atoms with E-state index in [4.69, 9.17) is 9.72 Å². The molecule has 0 unspecified atom stereocenters. The largest absolute Gasteiger partial charge is 0.489 e. The molecule has 0 saturated carbocycles. The zero-order valence-corrected chi connectivity index (χ0v) is 12.0. The molecule has 4 heteroatoms. The van der Waals surface area contributed by atoms with Crippen LogP contribution in [0, 0.1) is 6.92 Å². The monoisotopic (exact) mass is 282 g/mol. The Balaban J connectivity index is 1.90. The van der Waals surface area contributed by atoms with Crippen molar-refractivity contribution in [3.05, 3.63) is 42.0 Å². The number of anilines is 1. The average Bonchev–Trinajstić information content (AvgIpc) is 2.89. The first-order valence-corrected chi connectivity index (χ1v) is 7.50. The second-order valence-electron chi connectivity index (χ2n) is 4.95. The Labute approximate surface area is 121 Å². The van der Waals surface area contributed by atoms with E-state index < -0.39 is 0 Å². The number of benzene rings is 2. The van der Waals surface area contributed by atoms with Gasteiger partial charge in [0.25, 0.3) is 0 Å². The van der Waals surface area contributed by atoms with Crippen molar-refractivity contribution >= 4 is 27.2 Å². The fraction of sp³-hybridized carbons (Fsp3) is 0.188. The fourth-order valence-electron chi connectivity index (χ4n) is 2.49. The summed E-state index contributed by atoms with van der Waals surface area (Å²) in [4.78, 5) is 4.74. The summed E-state index contributed by atoms with van der Waals surface area (Å²) in [5.74, 6) is 0.925. The second kappa shape index (κ2) is 4.49. The number of hydrogen-bond acceptors (Lipinski definition) is 4. The predicted octanol–water partition coefficient (Wildman–Crippen LogP) is 4.08. The van der Waals surface area contributed by atoms with E-state index in [2.05, 4.69) is 42.6 Å². The minimum absolute atomic E-state index is 0.702. The highest BCUT2D eigenvalue weighted by Gasteiger charge is 2.17. The van der Waals surface area contributed by atoms with Crippen molar-refractivity contribution < 1.29 is 4.74 Å². The summed E-state index contributed by atoms with van der Waals surface area (Å²) in [7, 11) is 0. The summed E-state index contributed by atoms with van der Waals surface area (Å²) in [5, 5.41) is 4.39. The highest BCUT2D eigenvalue weighted by atomic mass is 32.1. The Kier molecular flexibility index (Phi) is 2.63. The van der Waals surface area contributed by atoms with Crippen LogP contribution in [0.25, 0.3) is 20.8 Å². The van der Waals surface area contributed by atoms with Crippen molar-refractivity contribution in [3.63, 3.8) is 0 Å². The van der Waals surface area contributed by atoms with Gasteiger partial charge in [0.15, 0.2) is 5.75 Å². The zero-order valence-electron chi connectivity index (χ0n) is 11.1. The van der Waals surface area contributed by atoms with Gasteiger partial charge in [-0.1, -0.05) is 12.1 Å². The average molecular weight is 282 g/mol. The molecule has 2 aromatic carbocycles. The lowest BCUT2D eigenvalue weighted by Crippen LogP contribution is -2.18. The van der Waals surface area contributed by atoms with Crippen molar-refractivity contribution in [3.8, 4) is 16.3 Å². The van der Waals surface area contributed by atoms with Crippen molar-refractivity contribution in [2.45, 2.75) is 6.92 Å². The maximum Gasteiger partial charge on any atom is 0.152 e. The van der Waals surface area contributed by atoms with Crippen LogP contribution in [0.3, 0.4) is 0 Å². The molecule has 1 aliphatic heterocycles. The molecule has 0 radical (unpaired) electrons. The number of rotatable bonds is 1. The lowest BCUT2D eigenvalue weighted by molar-refractivity contribution is 0.324. The molecule has 1 N–H and O–H groups in total. The van der Waals surface area contributed by atoms with E-state index in [1.165, 1.54) is 10.3 Å². The minimum atomic E-state index is 0.702. The summed E-state index contributed by atoms with van der Waals surface area (Å²) >= 11 is 1.72. The van der Waals surface area contributed by atoms with Crippen molar-refractivity contribution in [2.75, 3.05) is 18.5 Å². The van der Waals surface area contributed by atoms with Gasteiger partial charge in [0, 0.05) is 6.54 Å². The number of nitrogens with one attached hydrogen (secondary N) is 1. The minimum Gasteiger partial charge on any atom is -0.489 e. The van der Waals surface area contributed by atoms with Gasteiger partial charge in [-0.2, -0.15) is 0 Å². The third-order valence-electron chi connectivity index (χ3n) is 3.45. The number of nitrogens with zero attached hydrogens (tertiary/aromatic N) is 1. The molecule has 100 valence electrons. The number of para-hydroxylation sites is 1. The molecule has 0 bridgehead atoms. The van der Waals surface area contributed by atoms with Crippen LogP contribution in [0.15, 0.2) is 36.4 Å². The number of fused-ring (bicyclic) bond motifs is 2. The van der Waals surface area contributed by atoms with E-state index >= 15 is 0 Å². The summed E-state index contributed by atoms with van der Waals surface area (Å²) in [6.07, 6.45) is 0. The smallest absolute Gasteiger partial charge is 0.152 e. The molecule has 3 nitrogen and oxygen atoms in total. The number of thiazole rings is 1. The molecule has 4 rings (SSSR count). The van der Waals surface area contributed by atoms with Gasteiger partial charge in [0.2, 0.25) is 0 Å². The van der Waals surface area contributed by atoms with Gasteiger partial charge >= 0.3 is 0 Å². The van der Waals surface area contributed by atoms with Crippen LogP contribution in [-0.4, -0.2) is 18.1 Å². The van der Waals surface area contributed by atoms with Gasteiger partial charge in [-0.25, -0.2) is 4.98 Å². The van der Waals surface area contributed by atoms with Crippen LogP contribution in [-0.2, 0) is 0 Å². The second-order valence-corrected chi connectivity index (χ2v) is 5.98. The van der Waals surface area contributed by atoms with E-state index in [-0.39, 0.29) is 0 Å². The number of ether oxygens (including phenoxy) is 1. The third kappa shape index (κ3) is 1.84. The van der Waals surface area contributed by atoms with Crippen LogP contribution in [0.4, 0.5) is 5.69 Å². The Morgan fingerprint density at radius 2 is 2.20 bits per heavy atom. The number of aromatic nitrogens is 1. The molecule has 0 saturated heterocycles. The lowest BCUT2D eigenvalue weighted by atomic mass is 10.1. The van der Waals surface area contributed by atoms with Crippen LogP contribution >= 0.6 is 11.3 Å². The van der Waals surface area contributed by atoms with E-state index in [9.17, 15) is 0 Å². The van der Waals surface area contributed by atoms with Gasteiger partial charge in [0.1, 0.15) is 11.6 Å². The molecule has 2 heterocycles. The Hall–Kier alpha value is -2.07. The van der Waals surface area contributed by atoms with Crippen LogP contribution < -0.4 is 10.1 Å². The molecule has 20 heavy (non-hydrogen) atoms. The van der Waals surface area contributed by atoms with E-state index in [0.29, 0.717) is 6.61 Å². The van der Waals surface area contributed by atoms with Crippen molar-refractivity contribution in [2.24, 2.45) is 0 Å². The SMILES string of the molecule is Cc1ccc2nc(-c3cccc4c3OCCN4)sc2c1. The predicted molar refractivity (Wildman–Crippen MR) is 83.8 cm³/mol. The summed E-state index contributed by atoms with van der Waals surface area (Å²) in [6.45, 7) is 3.67. The molecule has 0 fully saturated rings. The Bertz CT molecular complexity index is 794. The zero-order chi connectivity index (χ0) is 13.5. The van der Waals surface area contributed by atoms with E-state index in [0.717, 1.165) is 34.1 Å². The summed E-state index contributed by atoms with van der Waals surface area (Å²) in [6, 6.07) is 12.5. The Morgan fingerprint density at radius 3 is 3.15 bits per heavy atom. The van der Waals surface area contributed by atoms with Gasteiger partial charge in [0.05, 0.1) is 21.5 Å². The highest BCUT2D eigenvalue weighted by molar-refractivity contribution is 7.21. The molecule has 0 aliphatic carbocycles. The topological polar surface area (TPSA) is 34.1 Å². The number of hydrogen-bond donors (Lipinski definition) is 1. The van der Waals surface area contributed by atoms with Crippen LogP contribution in [0.2, 0.25) is 0 Å². The lowest BCUT2D eigenvalue weighted by Gasteiger charge is -2.20. The quantitative estimate of drug-likeness (QED) is 0.730. The van der Waals surface area contributed by atoms with Crippen LogP contribution in [0.5, 0.6) is 5.75 Å². The highest BCUT2D eigenvalue weighted by Crippen LogP contribution is 2.41. The molecular weight excluding hydrogens is 268 g/mol. The van der Waals surface area contributed by atoms with Gasteiger partial charge < -0.3 is 10.1 Å². The first kappa shape index (κ1) is 11.7. The molecule has 0 amide bonds. The molecular formula is C16H14N2OS. The first-order valence-electron chi connectivity index (χ1n) is 6.68. The summed E-state index contributed by atoms with van der Waals surface area (Å²) < 4.78 is 7.06. The maximum atomic E-state index is 5.83. The van der Waals surface area contributed by atoms with Crippen LogP contribution in [0.1, 0.15) is 5.56 Å². The maximum absolute atomic E-state index is 5.83. The van der Waals surface area contributed by atoms with Gasteiger partial charge in [-0.05, 0) is 36.8 Å². The normalized spacial score (nSPS) is 13.7. The first-order chi connectivity index (χ1) is 9.81.